The molecule has 7 heteroatoms. The van der Waals surface area contributed by atoms with E-state index in [0.717, 1.165) is 16.5 Å². The molecule has 1 aromatic heterocycles. The molecule has 2 aromatic carbocycles. The molecular weight excluding hydrogens is 296 g/mol. The summed E-state index contributed by atoms with van der Waals surface area (Å²) in [6.07, 6.45) is 1.71. The highest BCUT2D eigenvalue weighted by Crippen LogP contribution is 2.25. The van der Waals surface area contributed by atoms with Gasteiger partial charge in [0.25, 0.3) is 11.6 Å². The Bertz CT molecular complexity index is 930. The molecule has 0 saturated heterocycles. The summed E-state index contributed by atoms with van der Waals surface area (Å²) in [6, 6.07) is 8.11. The molecule has 1 amide bonds. The number of anilines is 1. The van der Waals surface area contributed by atoms with Gasteiger partial charge in [-0.3, -0.25) is 20.0 Å². The van der Waals surface area contributed by atoms with Crippen molar-refractivity contribution in [3.8, 4) is 0 Å². The summed E-state index contributed by atoms with van der Waals surface area (Å²) in [5, 5.41) is 21.6. The maximum atomic E-state index is 12.5. The number of carbonyl (C=O) groups excluding carboxylic acids is 1. The third kappa shape index (κ3) is 2.64. The van der Waals surface area contributed by atoms with Crippen molar-refractivity contribution < 1.29 is 9.72 Å². The van der Waals surface area contributed by atoms with Gasteiger partial charge in [-0.05, 0) is 37.1 Å². The van der Waals surface area contributed by atoms with Crippen molar-refractivity contribution in [3.63, 3.8) is 0 Å². The summed E-state index contributed by atoms with van der Waals surface area (Å²) in [6.45, 7) is 3.58. The SMILES string of the molecule is Cc1cccc([N+](=O)[O-])c1C(=O)Nc1cc(C)c2cn[nH]c2c1. The first kappa shape index (κ1) is 14.7. The van der Waals surface area contributed by atoms with Crippen molar-refractivity contribution in [3.05, 3.63) is 63.3 Å². The number of nitro benzene ring substituents is 1. The second kappa shape index (κ2) is 5.53. The molecule has 116 valence electrons. The Kier molecular flexibility index (Phi) is 3.53. The molecule has 0 fully saturated rings. The molecule has 0 radical (unpaired) electrons. The van der Waals surface area contributed by atoms with Crippen LogP contribution in [0, 0.1) is 24.0 Å². The molecule has 0 saturated carbocycles. The number of nitro groups is 1. The quantitative estimate of drug-likeness (QED) is 0.572. The number of aromatic amines is 1. The van der Waals surface area contributed by atoms with Crippen LogP contribution in [0.2, 0.25) is 0 Å². The van der Waals surface area contributed by atoms with E-state index in [9.17, 15) is 14.9 Å². The maximum Gasteiger partial charge on any atom is 0.282 e. The Morgan fingerprint density at radius 3 is 2.78 bits per heavy atom. The number of hydrogen-bond acceptors (Lipinski definition) is 4. The van der Waals surface area contributed by atoms with Crippen molar-refractivity contribution in [1.29, 1.82) is 0 Å². The Morgan fingerprint density at radius 2 is 2.04 bits per heavy atom. The lowest BCUT2D eigenvalue weighted by Crippen LogP contribution is -2.15. The van der Waals surface area contributed by atoms with Crippen molar-refractivity contribution in [2.24, 2.45) is 0 Å². The number of H-pyrrole nitrogens is 1. The van der Waals surface area contributed by atoms with Crippen LogP contribution in [0.3, 0.4) is 0 Å². The van der Waals surface area contributed by atoms with Gasteiger partial charge in [-0.1, -0.05) is 12.1 Å². The molecule has 1 heterocycles. The second-order valence-electron chi connectivity index (χ2n) is 5.30. The van der Waals surface area contributed by atoms with Crippen LogP contribution in [0.1, 0.15) is 21.5 Å². The van der Waals surface area contributed by atoms with Gasteiger partial charge in [-0.25, -0.2) is 0 Å². The largest absolute Gasteiger partial charge is 0.322 e. The van der Waals surface area contributed by atoms with Gasteiger partial charge in [0.05, 0.1) is 16.6 Å². The number of hydrogen-bond donors (Lipinski definition) is 2. The number of fused-ring (bicyclic) bond motifs is 1. The topological polar surface area (TPSA) is 101 Å². The molecule has 3 aromatic rings. The molecule has 0 atom stereocenters. The van der Waals surface area contributed by atoms with Crippen LogP contribution in [0.4, 0.5) is 11.4 Å². The highest BCUT2D eigenvalue weighted by molar-refractivity contribution is 6.08. The summed E-state index contributed by atoms with van der Waals surface area (Å²) < 4.78 is 0. The molecule has 0 aliphatic carbocycles. The Hall–Kier alpha value is -3.22. The molecule has 7 nitrogen and oxygen atoms in total. The van der Waals surface area contributed by atoms with E-state index in [2.05, 4.69) is 15.5 Å². The first-order chi connectivity index (χ1) is 11.0. The summed E-state index contributed by atoms with van der Waals surface area (Å²) in [5.41, 5.74) is 2.71. The van der Waals surface area contributed by atoms with Gasteiger partial charge in [0.2, 0.25) is 0 Å². The van der Waals surface area contributed by atoms with Crippen LogP contribution in [0.15, 0.2) is 36.5 Å². The number of rotatable bonds is 3. The predicted octanol–water partition coefficient (Wildman–Crippen LogP) is 3.34. The van der Waals surface area contributed by atoms with E-state index in [1.807, 2.05) is 6.92 Å². The lowest BCUT2D eigenvalue weighted by molar-refractivity contribution is -0.385. The fourth-order valence-corrected chi connectivity index (χ4v) is 2.59. The van der Waals surface area contributed by atoms with Gasteiger partial charge in [0, 0.05) is 17.1 Å². The minimum absolute atomic E-state index is 0.0693. The lowest BCUT2D eigenvalue weighted by Gasteiger charge is -2.09. The van der Waals surface area contributed by atoms with Crippen LogP contribution in [0.25, 0.3) is 10.9 Å². The number of amides is 1. The number of benzene rings is 2. The molecule has 0 aliphatic rings. The third-order valence-corrected chi connectivity index (χ3v) is 3.70. The first-order valence-corrected chi connectivity index (χ1v) is 6.96. The Morgan fingerprint density at radius 1 is 1.26 bits per heavy atom. The van der Waals surface area contributed by atoms with E-state index in [4.69, 9.17) is 0 Å². The van der Waals surface area contributed by atoms with Gasteiger partial charge in [-0.15, -0.1) is 0 Å². The van der Waals surface area contributed by atoms with E-state index in [-0.39, 0.29) is 11.3 Å². The van der Waals surface area contributed by atoms with Crippen molar-refractivity contribution in [2.75, 3.05) is 5.32 Å². The zero-order valence-electron chi connectivity index (χ0n) is 12.6. The van der Waals surface area contributed by atoms with Crippen molar-refractivity contribution >= 4 is 28.2 Å². The minimum Gasteiger partial charge on any atom is -0.322 e. The van der Waals surface area contributed by atoms with Crippen LogP contribution in [0.5, 0.6) is 0 Å². The summed E-state index contributed by atoms with van der Waals surface area (Å²) >= 11 is 0. The van der Waals surface area contributed by atoms with Crippen LogP contribution in [-0.4, -0.2) is 21.0 Å². The fourth-order valence-electron chi connectivity index (χ4n) is 2.59. The molecule has 0 spiro atoms. The van der Waals surface area contributed by atoms with Crippen LogP contribution < -0.4 is 5.32 Å². The standard InChI is InChI=1S/C16H14N4O3/c1-9-4-3-5-14(20(22)23)15(9)16(21)18-11-6-10(2)12-8-17-19-13(12)7-11/h3-8H,1-2H3,(H,17,19)(H,18,21). The minimum atomic E-state index is -0.550. The van der Waals surface area contributed by atoms with E-state index in [1.165, 1.54) is 6.07 Å². The molecule has 3 rings (SSSR count). The molecule has 2 N–H and O–H groups in total. The number of aromatic nitrogens is 2. The fraction of sp³-hybridized carbons (Fsp3) is 0.125. The van der Waals surface area contributed by atoms with Crippen molar-refractivity contribution in [2.45, 2.75) is 13.8 Å². The number of carbonyl (C=O) groups is 1. The van der Waals surface area contributed by atoms with E-state index in [1.54, 1.807) is 37.4 Å². The van der Waals surface area contributed by atoms with E-state index >= 15 is 0 Å². The summed E-state index contributed by atoms with van der Waals surface area (Å²) in [4.78, 5) is 23.1. The van der Waals surface area contributed by atoms with Gasteiger partial charge in [0.1, 0.15) is 5.56 Å². The average molecular weight is 310 g/mol. The van der Waals surface area contributed by atoms with Crippen molar-refractivity contribution in [1.82, 2.24) is 10.2 Å². The number of nitrogens with zero attached hydrogens (tertiary/aromatic N) is 2. The summed E-state index contributed by atoms with van der Waals surface area (Å²) in [5.74, 6) is -0.506. The smallest absolute Gasteiger partial charge is 0.282 e. The van der Waals surface area contributed by atoms with Gasteiger partial charge >= 0.3 is 0 Å². The van der Waals surface area contributed by atoms with Gasteiger partial charge in [0.15, 0.2) is 0 Å². The van der Waals surface area contributed by atoms with E-state index in [0.29, 0.717) is 11.3 Å². The molecule has 0 aliphatic heterocycles. The zero-order valence-corrected chi connectivity index (χ0v) is 12.6. The lowest BCUT2D eigenvalue weighted by atomic mass is 10.1. The molecule has 23 heavy (non-hydrogen) atoms. The monoisotopic (exact) mass is 310 g/mol. The van der Waals surface area contributed by atoms with E-state index < -0.39 is 10.8 Å². The molecular formula is C16H14N4O3. The normalized spacial score (nSPS) is 10.7. The highest BCUT2D eigenvalue weighted by Gasteiger charge is 2.22. The summed E-state index contributed by atoms with van der Waals surface area (Å²) in [7, 11) is 0. The maximum absolute atomic E-state index is 12.5. The highest BCUT2D eigenvalue weighted by atomic mass is 16.6. The predicted molar refractivity (Wildman–Crippen MR) is 86.6 cm³/mol. The second-order valence-corrected chi connectivity index (χ2v) is 5.30. The van der Waals surface area contributed by atoms with Gasteiger partial charge in [-0.2, -0.15) is 5.10 Å². The Labute approximate surface area is 131 Å². The first-order valence-electron chi connectivity index (χ1n) is 6.96. The molecule has 0 unspecified atom stereocenters. The number of nitrogens with one attached hydrogen (secondary N) is 2. The van der Waals surface area contributed by atoms with Crippen LogP contribution in [-0.2, 0) is 0 Å². The van der Waals surface area contributed by atoms with Crippen LogP contribution >= 0.6 is 0 Å². The molecule has 0 bridgehead atoms. The number of aryl methyl sites for hydroxylation is 2. The Balaban J connectivity index is 1.99. The average Bonchev–Trinajstić information content (AvgIpc) is 2.95. The zero-order chi connectivity index (χ0) is 16.6. The van der Waals surface area contributed by atoms with Gasteiger partial charge < -0.3 is 5.32 Å². The third-order valence-electron chi connectivity index (χ3n) is 3.70.